The first-order valence-electron chi connectivity index (χ1n) is 10.0. The molecule has 0 aromatic heterocycles. The topological polar surface area (TPSA) is 67.6 Å². The van der Waals surface area contributed by atoms with Crippen molar-refractivity contribution in [2.24, 2.45) is 11.7 Å². The van der Waals surface area contributed by atoms with Crippen LogP contribution in [-0.2, 0) is 16.1 Å². The highest BCUT2D eigenvalue weighted by Crippen LogP contribution is 2.16. The van der Waals surface area contributed by atoms with Gasteiger partial charge in [-0.15, -0.1) is 0 Å². The molecular formula is C21H35N3O2. The second kappa shape index (κ2) is 11.3. The van der Waals surface area contributed by atoms with Crippen LogP contribution in [-0.4, -0.2) is 49.2 Å². The summed E-state index contributed by atoms with van der Waals surface area (Å²) in [6, 6.07) is 10.2. The van der Waals surface area contributed by atoms with Gasteiger partial charge in [-0.2, -0.15) is 0 Å². The zero-order valence-electron chi connectivity index (χ0n) is 16.3. The van der Waals surface area contributed by atoms with Crippen molar-refractivity contribution >= 4 is 5.91 Å². The third kappa shape index (κ3) is 7.06. The van der Waals surface area contributed by atoms with Gasteiger partial charge in [0.25, 0.3) is 0 Å². The largest absolute Gasteiger partial charge is 0.378 e. The smallest absolute Gasteiger partial charge is 0.237 e. The van der Waals surface area contributed by atoms with Crippen molar-refractivity contribution in [1.82, 2.24) is 10.2 Å². The third-order valence-electron chi connectivity index (χ3n) is 5.32. The quantitative estimate of drug-likeness (QED) is 0.629. The number of nitrogens with two attached hydrogens (primary N) is 1. The average Bonchev–Trinajstić information content (AvgIpc) is 2.68. The number of carbonyl (C=O) groups excluding carboxylic acids is 1. The van der Waals surface area contributed by atoms with E-state index in [1.54, 1.807) is 0 Å². The van der Waals surface area contributed by atoms with Crippen molar-refractivity contribution < 1.29 is 9.53 Å². The van der Waals surface area contributed by atoms with Crippen LogP contribution in [0.15, 0.2) is 30.3 Å². The molecule has 26 heavy (non-hydrogen) atoms. The monoisotopic (exact) mass is 361 g/mol. The Kier molecular flexibility index (Phi) is 9.09. The van der Waals surface area contributed by atoms with Gasteiger partial charge in [0, 0.05) is 32.8 Å². The molecule has 146 valence electrons. The zero-order chi connectivity index (χ0) is 18.8. The van der Waals surface area contributed by atoms with Crippen LogP contribution in [0.25, 0.3) is 0 Å². The second-order valence-electron chi connectivity index (χ2n) is 7.39. The summed E-state index contributed by atoms with van der Waals surface area (Å²) in [6.45, 7) is 8.59. The van der Waals surface area contributed by atoms with Gasteiger partial charge in [-0.1, -0.05) is 50.6 Å². The Morgan fingerprint density at radius 1 is 1.31 bits per heavy atom. The third-order valence-corrected chi connectivity index (χ3v) is 5.32. The highest BCUT2D eigenvalue weighted by atomic mass is 16.5. The van der Waals surface area contributed by atoms with Crippen molar-refractivity contribution in [1.29, 1.82) is 0 Å². The van der Waals surface area contributed by atoms with E-state index in [1.807, 2.05) is 6.92 Å². The summed E-state index contributed by atoms with van der Waals surface area (Å²) in [5, 5.41) is 2.92. The van der Waals surface area contributed by atoms with Crippen molar-refractivity contribution in [3.8, 4) is 0 Å². The van der Waals surface area contributed by atoms with E-state index in [1.165, 1.54) is 5.56 Å². The van der Waals surface area contributed by atoms with Gasteiger partial charge in [-0.25, -0.2) is 0 Å². The molecule has 0 spiro atoms. The van der Waals surface area contributed by atoms with E-state index in [2.05, 4.69) is 47.5 Å². The summed E-state index contributed by atoms with van der Waals surface area (Å²) in [7, 11) is 0. The molecule has 2 rings (SSSR count). The Labute approximate surface area is 158 Å². The van der Waals surface area contributed by atoms with Crippen LogP contribution in [0.5, 0.6) is 0 Å². The standard InChI is InChI=1S/C21H35N3O2/c1-3-17(2)20(22)21(25)23-12-7-15-26-19-10-13-24(14-11-19)16-18-8-5-4-6-9-18/h4-6,8-9,17,19-20H,3,7,10-16,22H2,1-2H3,(H,23,25). The van der Waals surface area contributed by atoms with Gasteiger partial charge in [0.15, 0.2) is 0 Å². The number of hydrogen-bond donors (Lipinski definition) is 2. The lowest BCUT2D eigenvalue weighted by Crippen LogP contribution is -2.45. The molecule has 1 heterocycles. The molecule has 5 nitrogen and oxygen atoms in total. The van der Waals surface area contributed by atoms with E-state index in [0.717, 1.165) is 45.3 Å². The summed E-state index contributed by atoms with van der Waals surface area (Å²) >= 11 is 0. The van der Waals surface area contributed by atoms with Gasteiger partial charge in [0.05, 0.1) is 12.1 Å². The molecule has 3 N–H and O–H groups in total. The van der Waals surface area contributed by atoms with Gasteiger partial charge >= 0.3 is 0 Å². The lowest BCUT2D eigenvalue weighted by molar-refractivity contribution is -0.123. The van der Waals surface area contributed by atoms with Crippen molar-refractivity contribution in [3.63, 3.8) is 0 Å². The first-order valence-corrected chi connectivity index (χ1v) is 10.0. The van der Waals surface area contributed by atoms with Crippen LogP contribution in [0.1, 0.15) is 45.1 Å². The molecule has 2 unspecified atom stereocenters. The van der Waals surface area contributed by atoms with Crippen LogP contribution < -0.4 is 11.1 Å². The molecule has 0 saturated carbocycles. The van der Waals surface area contributed by atoms with Crippen LogP contribution in [0.4, 0.5) is 0 Å². The van der Waals surface area contributed by atoms with E-state index in [0.29, 0.717) is 19.3 Å². The fourth-order valence-corrected chi connectivity index (χ4v) is 3.24. The number of nitrogens with zero attached hydrogens (tertiary/aromatic N) is 1. The molecule has 1 aliphatic rings. The van der Waals surface area contributed by atoms with Gasteiger partial charge < -0.3 is 15.8 Å². The fourth-order valence-electron chi connectivity index (χ4n) is 3.24. The lowest BCUT2D eigenvalue weighted by Gasteiger charge is -2.32. The highest BCUT2D eigenvalue weighted by molar-refractivity contribution is 5.81. The maximum atomic E-state index is 11.9. The summed E-state index contributed by atoms with van der Waals surface area (Å²) in [5.74, 6) is 0.167. The number of ether oxygens (including phenoxy) is 1. The van der Waals surface area contributed by atoms with E-state index >= 15 is 0 Å². The van der Waals surface area contributed by atoms with Crippen molar-refractivity contribution in [2.75, 3.05) is 26.2 Å². The number of benzene rings is 1. The second-order valence-corrected chi connectivity index (χ2v) is 7.39. The van der Waals surface area contributed by atoms with Gasteiger partial charge in [-0.05, 0) is 30.7 Å². The number of amides is 1. The Bertz CT molecular complexity index is 515. The summed E-state index contributed by atoms with van der Waals surface area (Å²) in [5.41, 5.74) is 7.30. The molecule has 0 bridgehead atoms. The highest BCUT2D eigenvalue weighted by Gasteiger charge is 2.20. The minimum atomic E-state index is -0.408. The zero-order valence-corrected chi connectivity index (χ0v) is 16.3. The Balaban J connectivity index is 1.53. The van der Waals surface area contributed by atoms with Gasteiger partial charge in [-0.3, -0.25) is 9.69 Å². The van der Waals surface area contributed by atoms with Crippen LogP contribution in [0, 0.1) is 5.92 Å². The number of rotatable bonds is 10. The number of piperidine rings is 1. The van der Waals surface area contributed by atoms with E-state index in [-0.39, 0.29) is 11.8 Å². The molecule has 1 fully saturated rings. The summed E-state index contributed by atoms with van der Waals surface area (Å²) < 4.78 is 5.98. The first kappa shape index (κ1) is 20.9. The lowest BCUT2D eigenvalue weighted by atomic mass is 9.99. The predicted molar refractivity (Wildman–Crippen MR) is 106 cm³/mol. The molecule has 0 radical (unpaired) electrons. The predicted octanol–water partition coefficient (Wildman–Crippen LogP) is 2.55. The maximum absolute atomic E-state index is 11.9. The maximum Gasteiger partial charge on any atom is 0.237 e. The summed E-state index contributed by atoms with van der Waals surface area (Å²) in [4.78, 5) is 14.4. The van der Waals surface area contributed by atoms with Gasteiger partial charge in [0.1, 0.15) is 0 Å². The Hall–Kier alpha value is -1.43. The minimum absolute atomic E-state index is 0.0476. The van der Waals surface area contributed by atoms with Crippen molar-refractivity contribution in [3.05, 3.63) is 35.9 Å². The minimum Gasteiger partial charge on any atom is -0.378 e. The molecule has 1 aromatic carbocycles. The number of carbonyl (C=O) groups is 1. The molecule has 5 heteroatoms. The molecule has 1 aromatic rings. The molecule has 1 saturated heterocycles. The molecule has 2 atom stereocenters. The molecule has 1 aliphatic heterocycles. The SMILES string of the molecule is CCC(C)C(N)C(=O)NCCCOC1CCN(Cc2ccccc2)CC1. The number of hydrogen-bond acceptors (Lipinski definition) is 4. The van der Waals surface area contributed by atoms with E-state index in [9.17, 15) is 4.79 Å². The number of nitrogens with one attached hydrogen (secondary N) is 1. The Morgan fingerprint density at radius 3 is 2.65 bits per heavy atom. The van der Waals surface area contributed by atoms with E-state index in [4.69, 9.17) is 10.5 Å². The normalized spacial score (nSPS) is 18.4. The average molecular weight is 362 g/mol. The van der Waals surface area contributed by atoms with E-state index < -0.39 is 6.04 Å². The first-order chi connectivity index (χ1) is 12.6. The van der Waals surface area contributed by atoms with Crippen LogP contribution >= 0.6 is 0 Å². The molecule has 1 amide bonds. The summed E-state index contributed by atoms with van der Waals surface area (Å²) in [6.07, 6.45) is 4.26. The number of likely N-dealkylation sites (tertiary alicyclic amines) is 1. The van der Waals surface area contributed by atoms with Crippen LogP contribution in [0.2, 0.25) is 0 Å². The van der Waals surface area contributed by atoms with Crippen molar-refractivity contribution in [2.45, 2.75) is 58.2 Å². The Morgan fingerprint density at radius 2 is 2.00 bits per heavy atom. The fraction of sp³-hybridized carbons (Fsp3) is 0.667. The molecular weight excluding hydrogens is 326 g/mol. The van der Waals surface area contributed by atoms with Crippen LogP contribution in [0.3, 0.4) is 0 Å². The molecule has 0 aliphatic carbocycles. The van der Waals surface area contributed by atoms with Gasteiger partial charge in [0.2, 0.25) is 5.91 Å².